The number of pyridine rings is 1. The molecule has 1 unspecified atom stereocenters. The van der Waals surface area contributed by atoms with E-state index >= 15 is 0 Å². The highest BCUT2D eigenvalue weighted by Gasteiger charge is 2.27. The van der Waals surface area contributed by atoms with Crippen molar-refractivity contribution in [3.05, 3.63) is 47.9 Å². The number of ether oxygens (including phenoxy) is 1. The predicted octanol–water partition coefficient (Wildman–Crippen LogP) is 1.56. The van der Waals surface area contributed by atoms with Gasteiger partial charge in [0.15, 0.2) is 18.2 Å². The summed E-state index contributed by atoms with van der Waals surface area (Å²) in [6.07, 6.45) is 2.25. The highest BCUT2D eigenvalue weighted by Crippen LogP contribution is 2.28. The molecule has 1 fully saturated rings. The van der Waals surface area contributed by atoms with Crippen LogP contribution in [-0.2, 0) is 4.79 Å². The number of hydrogen-bond acceptors (Lipinski definition) is 5. The number of amides is 2. The van der Waals surface area contributed by atoms with Gasteiger partial charge in [-0.25, -0.2) is 9.37 Å². The van der Waals surface area contributed by atoms with Crippen LogP contribution in [-0.4, -0.2) is 42.5 Å². The summed E-state index contributed by atoms with van der Waals surface area (Å²) >= 11 is 0. The fraction of sp³-hybridized carbons (Fsp3) is 0.278. The van der Waals surface area contributed by atoms with E-state index in [1.807, 2.05) is 4.90 Å². The van der Waals surface area contributed by atoms with Gasteiger partial charge in [0, 0.05) is 30.9 Å². The number of benzene rings is 1. The smallest absolute Gasteiger partial charge is 0.262 e. The Labute approximate surface area is 149 Å². The van der Waals surface area contributed by atoms with Crippen LogP contribution in [0.3, 0.4) is 0 Å². The Hall–Kier alpha value is -3.16. The van der Waals surface area contributed by atoms with Crippen molar-refractivity contribution in [1.29, 1.82) is 0 Å². The summed E-state index contributed by atoms with van der Waals surface area (Å²) in [4.78, 5) is 29.8. The quantitative estimate of drug-likeness (QED) is 0.872. The molecule has 26 heavy (non-hydrogen) atoms. The maximum Gasteiger partial charge on any atom is 0.262 e. The molecule has 2 amide bonds. The number of carbonyl (C=O) groups excluding carboxylic acids is 2. The lowest BCUT2D eigenvalue weighted by molar-refractivity contribution is -0.118. The molecule has 1 aromatic carbocycles. The highest BCUT2D eigenvalue weighted by molar-refractivity contribution is 6.00. The molecule has 2 N–H and O–H groups in total. The van der Waals surface area contributed by atoms with Crippen LogP contribution in [0.2, 0.25) is 0 Å². The zero-order valence-electron chi connectivity index (χ0n) is 13.9. The van der Waals surface area contributed by atoms with Gasteiger partial charge < -0.3 is 20.3 Å². The molecule has 8 heteroatoms. The topological polar surface area (TPSA) is 83.6 Å². The molecule has 7 nitrogen and oxygen atoms in total. The van der Waals surface area contributed by atoms with E-state index in [1.54, 1.807) is 30.5 Å². The molecule has 3 heterocycles. The van der Waals surface area contributed by atoms with Crippen LogP contribution >= 0.6 is 0 Å². The van der Waals surface area contributed by atoms with E-state index in [9.17, 15) is 14.0 Å². The third kappa shape index (κ3) is 3.17. The van der Waals surface area contributed by atoms with Gasteiger partial charge in [-0.05, 0) is 36.8 Å². The Bertz CT molecular complexity index is 873. The van der Waals surface area contributed by atoms with E-state index in [2.05, 4.69) is 15.6 Å². The summed E-state index contributed by atoms with van der Waals surface area (Å²) in [6, 6.07) is 7.72. The molecule has 2 aliphatic rings. The number of rotatable bonds is 3. The van der Waals surface area contributed by atoms with Crippen LogP contribution in [0.1, 0.15) is 16.8 Å². The molecule has 134 valence electrons. The maximum atomic E-state index is 13.9. The van der Waals surface area contributed by atoms with Crippen molar-refractivity contribution >= 4 is 23.3 Å². The van der Waals surface area contributed by atoms with E-state index in [-0.39, 0.29) is 30.3 Å². The van der Waals surface area contributed by atoms with E-state index in [4.69, 9.17) is 4.74 Å². The molecule has 1 saturated heterocycles. The van der Waals surface area contributed by atoms with Gasteiger partial charge in [-0.2, -0.15) is 0 Å². The van der Waals surface area contributed by atoms with Crippen LogP contribution in [0, 0.1) is 5.82 Å². The standard InChI is InChI=1S/C18H17FN4O3/c19-13-2-1-6-20-17(13)23-7-5-12(9-23)21-18(25)11-3-4-15-14(8-11)22-16(24)10-26-15/h1-4,6,8,12H,5,7,9-10H2,(H,21,25)(H,22,24). The zero-order valence-corrected chi connectivity index (χ0v) is 13.9. The number of carbonyl (C=O) groups is 2. The molecular formula is C18H17FN4O3. The number of anilines is 2. The molecule has 1 aromatic heterocycles. The van der Waals surface area contributed by atoms with Crippen molar-refractivity contribution < 1.29 is 18.7 Å². The second kappa shape index (κ2) is 6.62. The first-order chi connectivity index (χ1) is 12.6. The van der Waals surface area contributed by atoms with Crippen LogP contribution in [0.25, 0.3) is 0 Å². The van der Waals surface area contributed by atoms with Gasteiger partial charge >= 0.3 is 0 Å². The maximum absolute atomic E-state index is 13.9. The molecular weight excluding hydrogens is 339 g/mol. The van der Waals surface area contributed by atoms with Crippen molar-refractivity contribution in [1.82, 2.24) is 10.3 Å². The van der Waals surface area contributed by atoms with Gasteiger partial charge in [-0.3, -0.25) is 9.59 Å². The van der Waals surface area contributed by atoms with Crippen LogP contribution < -0.4 is 20.3 Å². The van der Waals surface area contributed by atoms with Crippen molar-refractivity contribution in [2.24, 2.45) is 0 Å². The summed E-state index contributed by atoms with van der Waals surface area (Å²) in [5.41, 5.74) is 0.912. The van der Waals surface area contributed by atoms with E-state index in [0.29, 0.717) is 42.3 Å². The van der Waals surface area contributed by atoms with Crippen molar-refractivity contribution in [3.8, 4) is 5.75 Å². The fourth-order valence-corrected chi connectivity index (χ4v) is 3.17. The molecule has 1 atom stereocenters. The third-order valence-corrected chi connectivity index (χ3v) is 4.44. The number of nitrogens with zero attached hydrogens (tertiary/aromatic N) is 2. The normalized spacial score (nSPS) is 18.7. The van der Waals surface area contributed by atoms with Gasteiger partial charge in [0.05, 0.1) is 5.69 Å². The number of aromatic nitrogens is 1. The molecule has 2 aliphatic heterocycles. The third-order valence-electron chi connectivity index (χ3n) is 4.44. The first kappa shape index (κ1) is 16.3. The minimum absolute atomic E-state index is 0.0272. The largest absolute Gasteiger partial charge is 0.482 e. The number of hydrogen-bond donors (Lipinski definition) is 2. The Morgan fingerprint density at radius 3 is 3.12 bits per heavy atom. The molecule has 0 saturated carbocycles. The second-order valence-corrected chi connectivity index (χ2v) is 6.26. The van der Waals surface area contributed by atoms with E-state index in [0.717, 1.165) is 0 Å². The first-order valence-corrected chi connectivity index (χ1v) is 8.33. The lowest BCUT2D eigenvalue weighted by Crippen LogP contribution is -2.37. The van der Waals surface area contributed by atoms with Gasteiger partial charge in [0.2, 0.25) is 0 Å². The highest BCUT2D eigenvalue weighted by atomic mass is 19.1. The number of nitrogens with one attached hydrogen (secondary N) is 2. The number of halogens is 1. The monoisotopic (exact) mass is 356 g/mol. The fourth-order valence-electron chi connectivity index (χ4n) is 3.17. The Morgan fingerprint density at radius 1 is 1.38 bits per heavy atom. The second-order valence-electron chi connectivity index (χ2n) is 6.26. The minimum atomic E-state index is -0.370. The number of fused-ring (bicyclic) bond motifs is 1. The van der Waals surface area contributed by atoms with Gasteiger partial charge in [0.25, 0.3) is 11.8 Å². The first-order valence-electron chi connectivity index (χ1n) is 8.33. The average Bonchev–Trinajstić information content (AvgIpc) is 3.09. The van der Waals surface area contributed by atoms with Gasteiger partial charge in [0.1, 0.15) is 5.75 Å². The SMILES string of the molecule is O=C1COc2ccc(C(=O)NC3CCN(c4ncccc4F)C3)cc2N1. The lowest BCUT2D eigenvalue weighted by atomic mass is 10.1. The molecule has 0 radical (unpaired) electrons. The lowest BCUT2D eigenvalue weighted by Gasteiger charge is -2.20. The van der Waals surface area contributed by atoms with Gasteiger partial charge in [-0.15, -0.1) is 0 Å². The Morgan fingerprint density at radius 2 is 2.27 bits per heavy atom. The summed E-state index contributed by atoms with van der Waals surface area (Å²) in [5, 5.41) is 5.63. The van der Waals surface area contributed by atoms with Gasteiger partial charge in [-0.1, -0.05) is 0 Å². The van der Waals surface area contributed by atoms with Crippen LogP contribution in [0.5, 0.6) is 5.75 Å². The molecule has 0 bridgehead atoms. The summed E-state index contributed by atoms with van der Waals surface area (Å²) in [7, 11) is 0. The summed E-state index contributed by atoms with van der Waals surface area (Å²) in [5.74, 6) is -0.0264. The Kier molecular flexibility index (Phi) is 4.16. The van der Waals surface area contributed by atoms with Crippen molar-refractivity contribution in [2.75, 3.05) is 29.9 Å². The van der Waals surface area contributed by atoms with E-state index < -0.39 is 0 Å². The van der Waals surface area contributed by atoms with Crippen molar-refractivity contribution in [3.63, 3.8) is 0 Å². The molecule has 2 aromatic rings. The molecule has 0 spiro atoms. The van der Waals surface area contributed by atoms with Crippen LogP contribution in [0.15, 0.2) is 36.5 Å². The van der Waals surface area contributed by atoms with Crippen molar-refractivity contribution in [2.45, 2.75) is 12.5 Å². The molecule has 4 rings (SSSR count). The van der Waals surface area contributed by atoms with Crippen LogP contribution in [0.4, 0.5) is 15.9 Å². The summed E-state index contributed by atoms with van der Waals surface area (Å²) in [6.45, 7) is 1.08. The molecule has 0 aliphatic carbocycles. The zero-order chi connectivity index (χ0) is 18.1. The predicted molar refractivity (Wildman–Crippen MR) is 92.8 cm³/mol. The average molecular weight is 356 g/mol. The van der Waals surface area contributed by atoms with E-state index in [1.165, 1.54) is 6.07 Å². The summed E-state index contributed by atoms with van der Waals surface area (Å²) < 4.78 is 19.1. The minimum Gasteiger partial charge on any atom is -0.482 e. The Balaban J connectivity index is 1.42.